The second-order valence-corrected chi connectivity index (χ2v) is 5.95. The molecule has 1 saturated heterocycles. The van der Waals surface area contributed by atoms with Gasteiger partial charge in [0.15, 0.2) is 0 Å². The molecule has 0 bridgehead atoms. The fraction of sp³-hybridized carbons (Fsp3) is 0.556. The monoisotopic (exact) mass is 270 g/mol. The van der Waals surface area contributed by atoms with Crippen LogP contribution in [0, 0.1) is 19.3 Å². The second kappa shape index (κ2) is 7.47. The summed E-state index contributed by atoms with van der Waals surface area (Å²) in [6, 6.07) is 9.85. The molecule has 2 heteroatoms. The largest absolute Gasteiger partial charge is 0.311 e. The lowest BCUT2D eigenvalue weighted by Crippen LogP contribution is -2.46. The third-order valence-electron chi connectivity index (χ3n) is 4.21. The highest BCUT2D eigenvalue weighted by Crippen LogP contribution is 2.13. The Kier molecular flexibility index (Phi) is 5.64. The lowest BCUT2D eigenvalue weighted by molar-refractivity contribution is 0.210. The van der Waals surface area contributed by atoms with E-state index in [2.05, 4.69) is 54.3 Å². The molecule has 20 heavy (non-hydrogen) atoms. The maximum atomic E-state index is 5.37. The summed E-state index contributed by atoms with van der Waals surface area (Å²) in [5.41, 5.74) is 2.85. The first-order valence-corrected chi connectivity index (χ1v) is 7.65. The van der Waals surface area contributed by atoms with Gasteiger partial charge in [0, 0.05) is 25.2 Å². The Hall–Kier alpha value is -1.30. The molecule has 1 aromatic rings. The van der Waals surface area contributed by atoms with Crippen LogP contribution in [0.25, 0.3) is 0 Å². The first-order chi connectivity index (χ1) is 9.69. The van der Waals surface area contributed by atoms with Gasteiger partial charge in [-0.05, 0) is 44.2 Å². The van der Waals surface area contributed by atoms with Crippen LogP contribution in [0.15, 0.2) is 24.3 Å². The summed E-state index contributed by atoms with van der Waals surface area (Å²) >= 11 is 0. The van der Waals surface area contributed by atoms with E-state index in [1.807, 2.05) is 0 Å². The van der Waals surface area contributed by atoms with Crippen LogP contribution in [0.3, 0.4) is 0 Å². The topological polar surface area (TPSA) is 15.3 Å². The first kappa shape index (κ1) is 15.1. The van der Waals surface area contributed by atoms with Crippen molar-refractivity contribution in [1.29, 1.82) is 0 Å². The second-order valence-electron chi connectivity index (χ2n) is 5.95. The van der Waals surface area contributed by atoms with E-state index in [4.69, 9.17) is 6.42 Å². The first-order valence-electron chi connectivity index (χ1n) is 7.65. The van der Waals surface area contributed by atoms with Gasteiger partial charge < -0.3 is 5.32 Å². The van der Waals surface area contributed by atoms with Crippen LogP contribution >= 0.6 is 0 Å². The Morgan fingerprint density at radius 2 is 2.05 bits per heavy atom. The number of benzene rings is 1. The quantitative estimate of drug-likeness (QED) is 0.827. The minimum Gasteiger partial charge on any atom is -0.311 e. The third kappa shape index (κ3) is 4.37. The van der Waals surface area contributed by atoms with Crippen molar-refractivity contribution in [3.63, 3.8) is 0 Å². The number of terminal acetylenes is 1. The summed E-state index contributed by atoms with van der Waals surface area (Å²) in [6.45, 7) is 7.53. The predicted molar refractivity (Wildman–Crippen MR) is 85.8 cm³/mol. The molecular formula is C18H26N2. The van der Waals surface area contributed by atoms with Gasteiger partial charge in [-0.1, -0.05) is 30.2 Å². The Balaban J connectivity index is 1.77. The average molecular weight is 270 g/mol. The van der Waals surface area contributed by atoms with Crippen molar-refractivity contribution in [2.75, 3.05) is 19.6 Å². The molecule has 1 aliphatic rings. The molecule has 1 aliphatic heterocycles. The lowest BCUT2D eigenvalue weighted by atomic mass is 9.99. The number of hydrogen-bond donors (Lipinski definition) is 1. The standard InChI is InChI=1S/C18H26N2/c1-4-11-20-12-9-18(10-13-20)19-16(3)14-17-8-6-5-7-15(17)2/h1,5-8,16,18-19H,9-14H2,2-3H3. The molecule has 1 atom stereocenters. The summed E-state index contributed by atoms with van der Waals surface area (Å²) in [4.78, 5) is 2.37. The summed E-state index contributed by atoms with van der Waals surface area (Å²) in [6.07, 6.45) is 8.89. The van der Waals surface area contributed by atoms with E-state index in [1.165, 1.54) is 24.0 Å². The molecule has 1 aromatic carbocycles. The van der Waals surface area contributed by atoms with Gasteiger partial charge in [-0.3, -0.25) is 4.90 Å². The number of aryl methyl sites for hydroxylation is 1. The minimum absolute atomic E-state index is 0.528. The molecule has 2 nitrogen and oxygen atoms in total. The van der Waals surface area contributed by atoms with Crippen LogP contribution in [0.1, 0.15) is 30.9 Å². The fourth-order valence-electron chi connectivity index (χ4n) is 3.02. The van der Waals surface area contributed by atoms with Crippen molar-refractivity contribution < 1.29 is 0 Å². The van der Waals surface area contributed by atoms with Crippen LogP contribution < -0.4 is 5.32 Å². The van der Waals surface area contributed by atoms with E-state index in [1.54, 1.807) is 0 Å². The molecule has 1 heterocycles. The molecule has 1 N–H and O–H groups in total. The van der Waals surface area contributed by atoms with Crippen LogP contribution in [-0.4, -0.2) is 36.6 Å². The van der Waals surface area contributed by atoms with Crippen LogP contribution in [0.5, 0.6) is 0 Å². The van der Waals surface area contributed by atoms with E-state index in [0.29, 0.717) is 12.1 Å². The maximum Gasteiger partial charge on any atom is 0.0598 e. The van der Waals surface area contributed by atoms with Gasteiger partial charge in [-0.15, -0.1) is 6.42 Å². The molecule has 1 fully saturated rings. The predicted octanol–water partition coefficient (Wildman–Crippen LogP) is 2.61. The normalized spacial score (nSPS) is 18.6. The van der Waals surface area contributed by atoms with E-state index < -0.39 is 0 Å². The summed E-state index contributed by atoms with van der Waals surface area (Å²) < 4.78 is 0. The molecule has 1 unspecified atom stereocenters. The van der Waals surface area contributed by atoms with Crippen molar-refractivity contribution in [3.8, 4) is 12.3 Å². The number of nitrogens with zero attached hydrogens (tertiary/aromatic N) is 1. The highest BCUT2D eigenvalue weighted by molar-refractivity contribution is 5.26. The number of nitrogens with one attached hydrogen (secondary N) is 1. The molecular weight excluding hydrogens is 244 g/mol. The highest BCUT2D eigenvalue weighted by atomic mass is 15.1. The van der Waals surface area contributed by atoms with Crippen LogP contribution in [0.2, 0.25) is 0 Å². The summed E-state index contributed by atoms with van der Waals surface area (Å²) in [5, 5.41) is 3.78. The molecule has 0 saturated carbocycles. The van der Waals surface area contributed by atoms with Crippen LogP contribution in [0.4, 0.5) is 0 Å². The fourth-order valence-corrected chi connectivity index (χ4v) is 3.02. The smallest absolute Gasteiger partial charge is 0.0598 e. The Labute approximate surface area is 123 Å². The average Bonchev–Trinajstić information content (AvgIpc) is 2.44. The zero-order valence-corrected chi connectivity index (χ0v) is 12.7. The Bertz CT molecular complexity index is 453. The molecule has 108 valence electrons. The zero-order chi connectivity index (χ0) is 14.4. The van der Waals surface area contributed by atoms with E-state index >= 15 is 0 Å². The molecule has 0 aliphatic carbocycles. The van der Waals surface area contributed by atoms with Gasteiger partial charge in [0.1, 0.15) is 0 Å². The number of piperidine rings is 1. The van der Waals surface area contributed by atoms with Gasteiger partial charge in [-0.25, -0.2) is 0 Å². The van der Waals surface area contributed by atoms with Gasteiger partial charge in [-0.2, -0.15) is 0 Å². The molecule has 0 spiro atoms. The van der Waals surface area contributed by atoms with Gasteiger partial charge in [0.2, 0.25) is 0 Å². The maximum absolute atomic E-state index is 5.37. The van der Waals surface area contributed by atoms with Crippen molar-refractivity contribution in [1.82, 2.24) is 10.2 Å². The van der Waals surface area contributed by atoms with Crippen LogP contribution in [-0.2, 0) is 6.42 Å². The number of likely N-dealkylation sites (tertiary alicyclic amines) is 1. The molecule has 0 radical (unpaired) electrons. The summed E-state index contributed by atoms with van der Waals surface area (Å²) in [5.74, 6) is 2.74. The van der Waals surface area contributed by atoms with E-state index in [9.17, 15) is 0 Å². The highest BCUT2D eigenvalue weighted by Gasteiger charge is 2.19. The molecule has 0 aromatic heterocycles. The molecule has 2 rings (SSSR count). The Morgan fingerprint density at radius 1 is 1.35 bits per heavy atom. The van der Waals surface area contributed by atoms with Gasteiger partial charge in [0.05, 0.1) is 6.54 Å². The zero-order valence-electron chi connectivity index (χ0n) is 12.7. The van der Waals surface area contributed by atoms with Crippen molar-refractivity contribution in [2.24, 2.45) is 0 Å². The summed E-state index contributed by atoms with van der Waals surface area (Å²) in [7, 11) is 0. The van der Waals surface area contributed by atoms with E-state index in [0.717, 1.165) is 26.1 Å². The number of rotatable bonds is 5. The van der Waals surface area contributed by atoms with Gasteiger partial charge >= 0.3 is 0 Å². The van der Waals surface area contributed by atoms with Crippen molar-refractivity contribution >= 4 is 0 Å². The third-order valence-corrected chi connectivity index (χ3v) is 4.21. The SMILES string of the molecule is C#CCN1CCC(NC(C)Cc2ccccc2C)CC1. The Morgan fingerprint density at radius 3 is 2.70 bits per heavy atom. The van der Waals surface area contributed by atoms with Crippen molar-refractivity contribution in [3.05, 3.63) is 35.4 Å². The minimum atomic E-state index is 0.528. The van der Waals surface area contributed by atoms with Gasteiger partial charge in [0.25, 0.3) is 0 Å². The van der Waals surface area contributed by atoms with Crippen molar-refractivity contribution in [2.45, 2.75) is 45.2 Å². The molecule has 0 amide bonds. The lowest BCUT2D eigenvalue weighted by Gasteiger charge is -2.33. The number of hydrogen-bond acceptors (Lipinski definition) is 2. The van der Waals surface area contributed by atoms with E-state index in [-0.39, 0.29) is 0 Å².